The Morgan fingerprint density at radius 2 is 1.61 bits per heavy atom. The van der Waals surface area contributed by atoms with Crippen molar-refractivity contribution in [3.05, 3.63) is 135 Å². The topological polar surface area (TPSA) is 84.4 Å². The van der Waals surface area contributed by atoms with Gasteiger partial charge in [0.1, 0.15) is 30.8 Å². The molecule has 7 rings (SSSR count). The first kappa shape index (κ1) is 32.9. The van der Waals surface area contributed by atoms with Crippen LogP contribution in [0, 0.1) is 25.2 Å². The van der Waals surface area contributed by atoms with Crippen LogP contribution >= 0.6 is 11.6 Å². The Morgan fingerprint density at radius 1 is 0.857 bits per heavy atom. The Hall–Kier alpha value is -4.67. The van der Waals surface area contributed by atoms with E-state index in [1.165, 1.54) is 83.1 Å². The van der Waals surface area contributed by atoms with E-state index in [2.05, 4.69) is 84.4 Å². The van der Waals surface area contributed by atoms with Gasteiger partial charge in [0.25, 0.3) is 0 Å². The normalized spacial score (nSPS) is 15.6. The molecule has 248 valence electrons. The molecule has 1 aliphatic heterocycles. The van der Waals surface area contributed by atoms with E-state index in [0.29, 0.717) is 34.7 Å². The second kappa shape index (κ2) is 14.4. The highest BCUT2D eigenvalue weighted by molar-refractivity contribution is 6.32. The number of rotatable bonds is 10. The minimum Gasteiger partial charge on any atom is -0.488 e. The summed E-state index contributed by atoms with van der Waals surface area (Å²) in [6, 6.07) is 28.2. The standard InChI is InChI=1S/C42H41ClN4O2/c1-27-33(26-49-42-20-41(34(22-45)19-39(42)43)48-25-30-17-29(21-44)23-46-24-30)7-5-9-36(27)37-10-6-8-35(28(37)2)31-11-13-38-32(18-31)12-14-40(38)47-15-3-4-16-47/h5-11,13,17-20,23-24,40H,3-4,12,14-16,22,25-26,45H2,1-2H3. The molecule has 0 spiro atoms. The maximum Gasteiger partial charge on any atom is 0.142 e. The third-order valence-electron chi connectivity index (χ3n) is 10.2. The van der Waals surface area contributed by atoms with Gasteiger partial charge in [0.05, 0.1) is 10.6 Å². The molecule has 0 bridgehead atoms. The molecule has 2 aliphatic rings. The van der Waals surface area contributed by atoms with E-state index in [4.69, 9.17) is 26.8 Å². The van der Waals surface area contributed by atoms with Crippen LogP contribution in [0.25, 0.3) is 22.3 Å². The van der Waals surface area contributed by atoms with Crippen LogP contribution in [0.4, 0.5) is 0 Å². The first-order valence-electron chi connectivity index (χ1n) is 17.1. The molecule has 7 heteroatoms. The number of fused-ring (bicyclic) bond motifs is 1. The fourth-order valence-electron chi connectivity index (χ4n) is 7.49. The van der Waals surface area contributed by atoms with Crippen LogP contribution in [0.15, 0.2) is 85.2 Å². The predicted octanol–water partition coefficient (Wildman–Crippen LogP) is 9.26. The molecule has 0 saturated carbocycles. The fourth-order valence-corrected chi connectivity index (χ4v) is 7.73. The fraction of sp³-hybridized carbons (Fsp3) is 0.286. The van der Waals surface area contributed by atoms with Gasteiger partial charge in [0, 0.05) is 42.2 Å². The lowest BCUT2D eigenvalue weighted by Gasteiger charge is -2.24. The zero-order valence-electron chi connectivity index (χ0n) is 28.1. The molecule has 2 N–H and O–H groups in total. The van der Waals surface area contributed by atoms with Crippen molar-refractivity contribution in [3.63, 3.8) is 0 Å². The van der Waals surface area contributed by atoms with Crippen LogP contribution in [0.3, 0.4) is 0 Å². The highest BCUT2D eigenvalue weighted by Gasteiger charge is 2.29. The molecule has 1 atom stereocenters. The molecule has 5 aromatic rings. The lowest BCUT2D eigenvalue weighted by atomic mass is 9.89. The Balaban J connectivity index is 1.10. The van der Waals surface area contributed by atoms with Crippen molar-refractivity contribution in [2.45, 2.75) is 65.3 Å². The summed E-state index contributed by atoms with van der Waals surface area (Å²) in [5.74, 6) is 1.10. The maximum absolute atomic E-state index is 9.21. The number of pyridine rings is 1. The molecular weight excluding hydrogens is 628 g/mol. The number of nitriles is 1. The van der Waals surface area contributed by atoms with Crippen molar-refractivity contribution < 1.29 is 9.47 Å². The summed E-state index contributed by atoms with van der Waals surface area (Å²) in [5, 5.41) is 9.68. The van der Waals surface area contributed by atoms with Crippen molar-refractivity contribution in [2.24, 2.45) is 5.73 Å². The number of hydrogen-bond acceptors (Lipinski definition) is 6. The van der Waals surface area contributed by atoms with Crippen LogP contribution in [-0.2, 0) is 26.2 Å². The van der Waals surface area contributed by atoms with Crippen molar-refractivity contribution in [1.29, 1.82) is 5.26 Å². The van der Waals surface area contributed by atoms with Crippen LogP contribution in [-0.4, -0.2) is 23.0 Å². The van der Waals surface area contributed by atoms with Crippen LogP contribution in [0.1, 0.15) is 69.8 Å². The maximum atomic E-state index is 9.21. The molecule has 1 unspecified atom stereocenters. The lowest BCUT2D eigenvalue weighted by molar-refractivity contribution is 0.245. The number of nitrogens with two attached hydrogens (primary N) is 1. The highest BCUT2D eigenvalue weighted by atomic mass is 35.5. The lowest BCUT2D eigenvalue weighted by Crippen LogP contribution is -2.23. The third kappa shape index (κ3) is 6.80. The molecule has 0 amide bonds. The second-order valence-electron chi connectivity index (χ2n) is 13.1. The predicted molar refractivity (Wildman–Crippen MR) is 196 cm³/mol. The third-order valence-corrected chi connectivity index (χ3v) is 10.5. The Morgan fingerprint density at radius 3 is 2.41 bits per heavy atom. The monoisotopic (exact) mass is 668 g/mol. The average Bonchev–Trinajstić information content (AvgIpc) is 3.81. The van der Waals surface area contributed by atoms with E-state index >= 15 is 0 Å². The number of aryl methyl sites for hydroxylation is 1. The number of nitrogens with zero attached hydrogens (tertiary/aromatic N) is 3. The zero-order valence-corrected chi connectivity index (χ0v) is 28.9. The molecule has 1 saturated heterocycles. The van der Waals surface area contributed by atoms with Gasteiger partial charge >= 0.3 is 0 Å². The Labute approximate surface area is 294 Å². The van der Waals surface area contributed by atoms with E-state index < -0.39 is 0 Å². The molecule has 6 nitrogen and oxygen atoms in total. The summed E-state index contributed by atoms with van der Waals surface area (Å²) in [5.41, 5.74) is 19.6. The summed E-state index contributed by atoms with van der Waals surface area (Å²) in [6.45, 7) is 7.70. The van der Waals surface area contributed by atoms with Crippen molar-refractivity contribution in [3.8, 4) is 39.8 Å². The van der Waals surface area contributed by atoms with Crippen LogP contribution in [0.5, 0.6) is 11.5 Å². The number of halogens is 1. The summed E-state index contributed by atoms with van der Waals surface area (Å²) in [7, 11) is 0. The van der Waals surface area contributed by atoms with Gasteiger partial charge in [-0.3, -0.25) is 9.88 Å². The first-order valence-corrected chi connectivity index (χ1v) is 17.5. The highest BCUT2D eigenvalue weighted by Crippen LogP contribution is 2.41. The quantitative estimate of drug-likeness (QED) is 0.160. The molecule has 0 radical (unpaired) electrons. The van der Waals surface area contributed by atoms with Gasteiger partial charge in [-0.05, 0) is 115 Å². The molecule has 1 fully saturated rings. The Bertz CT molecular complexity index is 2050. The Kier molecular flexibility index (Phi) is 9.68. The summed E-state index contributed by atoms with van der Waals surface area (Å²) in [6.07, 6.45) is 8.25. The zero-order chi connectivity index (χ0) is 33.9. The minimum atomic E-state index is 0.237. The number of aromatic nitrogens is 1. The molecule has 4 aromatic carbocycles. The second-order valence-corrected chi connectivity index (χ2v) is 13.6. The molecule has 2 heterocycles. The van der Waals surface area contributed by atoms with E-state index in [-0.39, 0.29) is 13.2 Å². The van der Waals surface area contributed by atoms with Gasteiger partial charge in [-0.25, -0.2) is 0 Å². The minimum absolute atomic E-state index is 0.237. The van der Waals surface area contributed by atoms with Crippen molar-refractivity contribution in [2.75, 3.05) is 13.1 Å². The SMILES string of the molecule is Cc1c(COc2cc(OCc3cncc(C#N)c3)c(CN)cc2Cl)cccc1-c1cccc(-c2ccc3c(c2)CCC3N2CCCC2)c1C. The number of ether oxygens (including phenoxy) is 2. The van der Waals surface area contributed by atoms with Crippen LogP contribution < -0.4 is 15.2 Å². The van der Waals surface area contributed by atoms with Crippen molar-refractivity contribution in [1.82, 2.24) is 9.88 Å². The summed E-state index contributed by atoms with van der Waals surface area (Å²) >= 11 is 6.66. The van der Waals surface area contributed by atoms with Gasteiger partial charge in [0.15, 0.2) is 0 Å². The van der Waals surface area contributed by atoms with Gasteiger partial charge < -0.3 is 15.2 Å². The number of likely N-dealkylation sites (tertiary alicyclic amines) is 1. The molecular formula is C42H41ClN4O2. The number of hydrogen-bond donors (Lipinski definition) is 1. The summed E-state index contributed by atoms with van der Waals surface area (Å²) < 4.78 is 12.4. The van der Waals surface area contributed by atoms with Crippen LogP contribution in [0.2, 0.25) is 5.02 Å². The average molecular weight is 669 g/mol. The van der Waals surface area contributed by atoms with E-state index in [0.717, 1.165) is 23.1 Å². The number of benzene rings is 4. The largest absolute Gasteiger partial charge is 0.488 e. The summed E-state index contributed by atoms with van der Waals surface area (Å²) in [4.78, 5) is 6.80. The van der Waals surface area contributed by atoms with Gasteiger partial charge in [0.2, 0.25) is 0 Å². The molecule has 1 aliphatic carbocycles. The first-order chi connectivity index (χ1) is 23.9. The van der Waals surface area contributed by atoms with E-state index in [1.807, 2.05) is 0 Å². The van der Waals surface area contributed by atoms with Gasteiger partial charge in [-0.1, -0.05) is 66.2 Å². The van der Waals surface area contributed by atoms with Gasteiger partial charge in [-0.2, -0.15) is 5.26 Å². The molecule has 1 aromatic heterocycles. The van der Waals surface area contributed by atoms with E-state index in [1.54, 1.807) is 24.4 Å². The smallest absolute Gasteiger partial charge is 0.142 e. The molecule has 49 heavy (non-hydrogen) atoms. The van der Waals surface area contributed by atoms with Gasteiger partial charge in [-0.15, -0.1) is 0 Å². The van der Waals surface area contributed by atoms with E-state index in [9.17, 15) is 5.26 Å². The van der Waals surface area contributed by atoms with Crippen molar-refractivity contribution >= 4 is 11.6 Å².